The van der Waals surface area contributed by atoms with Gasteiger partial charge in [0, 0.05) is 13.1 Å². The number of rotatable bonds is 2. The van der Waals surface area contributed by atoms with Crippen LogP contribution in [-0.2, 0) is 14.3 Å². The van der Waals surface area contributed by atoms with Crippen LogP contribution in [0.2, 0.25) is 0 Å². The molecule has 1 amide bonds. The predicted octanol–water partition coefficient (Wildman–Crippen LogP) is -1.28. The van der Waals surface area contributed by atoms with Crippen LogP contribution in [0.25, 0.3) is 0 Å². The van der Waals surface area contributed by atoms with Crippen molar-refractivity contribution in [2.24, 2.45) is 5.73 Å². The Bertz CT molecular complexity index is 207. The summed E-state index contributed by atoms with van der Waals surface area (Å²) in [7, 11) is 1.29. The maximum atomic E-state index is 11.1. The molecule has 1 heterocycles. The summed E-state index contributed by atoms with van der Waals surface area (Å²) in [6.45, 7) is 0.776. The van der Waals surface area contributed by atoms with Crippen LogP contribution in [-0.4, -0.2) is 43.0 Å². The Balaban J connectivity index is 2.63. The number of ether oxygens (including phenoxy) is 1. The number of amides is 1. The Morgan fingerprint density at radius 1 is 1.75 bits per heavy atom. The van der Waals surface area contributed by atoms with Crippen molar-refractivity contribution in [3.8, 4) is 0 Å². The summed E-state index contributed by atoms with van der Waals surface area (Å²) >= 11 is 0. The minimum absolute atomic E-state index is 0.253. The van der Waals surface area contributed by atoms with Crippen molar-refractivity contribution in [1.29, 1.82) is 0 Å². The first-order valence-electron chi connectivity index (χ1n) is 3.69. The second kappa shape index (κ2) is 3.10. The molecule has 1 fully saturated rings. The van der Waals surface area contributed by atoms with Crippen molar-refractivity contribution < 1.29 is 14.3 Å². The molecule has 1 unspecified atom stereocenters. The maximum absolute atomic E-state index is 11.1. The highest BCUT2D eigenvalue weighted by molar-refractivity contribution is 5.81. The molecule has 5 heteroatoms. The van der Waals surface area contributed by atoms with Crippen LogP contribution in [0.1, 0.15) is 6.42 Å². The van der Waals surface area contributed by atoms with Gasteiger partial charge in [0.2, 0.25) is 6.41 Å². The van der Waals surface area contributed by atoms with Crippen molar-refractivity contribution in [2.45, 2.75) is 12.0 Å². The molecule has 1 aliphatic rings. The third-order valence-corrected chi connectivity index (χ3v) is 2.07. The lowest BCUT2D eigenvalue weighted by Gasteiger charge is -2.19. The van der Waals surface area contributed by atoms with E-state index < -0.39 is 11.5 Å². The fourth-order valence-electron chi connectivity index (χ4n) is 1.32. The van der Waals surface area contributed by atoms with Gasteiger partial charge < -0.3 is 15.4 Å². The number of nitrogens with zero attached hydrogens (tertiary/aromatic N) is 1. The van der Waals surface area contributed by atoms with Gasteiger partial charge in [0.15, 0.2) is 0 Å². The molecule has 68 valence electrons. The molecule has 0 bridgehead atoms. The SMILES string of the molecule is COC(=O)C1(N)CCN(C=O)C1. The molecule has 12 heavy (non-hydrogen) atoms. The molecule has 0 saturated carbocycles. The normalized spacial score (nSPS) is 28.7. The van der Waals surface area contributed by atoms with Crippen LogP contribution in [0.15, 0.2) is 0 Å². The van der Waals surface area contributed by atoms with Crippen LogP contribution in [0.5, 0.6) is 0 Å². The van der Waals surface area contributed by atoms with E-state index in [9.17, 15) is 9.59 Å². The van der Waals surface area contributed by atoms with Gasteiger partial charge in [0.05, 0.1) is 7.11 Å². The van der Waals surface area contributed by atoms with E-state index in [0.29, 0.717) is 19.4 Å². The zero-order chi connectivity index (χ0) is 9.19. The van der Waals surface area contributed by atoms with E-state index in [1.807, 2.05) is 0 Å². The highest BCUT2D eigenvalue weighted by Gasteiger charge is 2.41. The predicted molar refractivity (Wildman–Crippen MR) is 41.2 cm³/mol. The molecule has 1 aliphatic heterocycles. The van der Waals surface area contributed by atoms with Crippen LogP contribution in [0.4, 0.5) is 0 Å². The van der Waals surface area contributed by atoms with Crippen molar-refractivity contribution >= 4 is 12.4 Å². The lowest BCUT2D eigenvalue weighted by molar-refractivity contribution is -0.146. The third kappa shape index (κ3) is 1.40. The first-order chi connectivity index (χ1) is 5.62. The summed E-state index contributed by atoms with van der Waals surface area (Å²) in [6.07, 6.45) is 1.16. The minimum Gasteiger partial charge on any atom is -0.468 e. The van der Waals surface area contributed by atoms with E-state index in [0.717, 1.165) is 0 Å². The molecule has 0 radical (unpaired) electrons. The molecule has 0 aliphatic carbocycles. The average molecular weight is 172 g/mol. The van der Waals surface area contributed by atoms with Gasteiger partial charge in [-0.1, -0.05) is 0 Å². The van der Waals surface area contributed by atoms with Gasteiger partial charge in [-0.05, 0) is 6.42 Å². The standard InChI is InChI=1S/C7H12N2O3/c1-12-6(11)7(8)2-3-9(4-7)5-10/h5H,2-4,8H2,1H3. The largest absolute Gasteiger partial charge is 0.468 e. The fourth-order valence-corrected chi connectivity index (χ4v) is 1.32. The Hall–Kier alpha value is -1.10. The highest BCUT2D eigenvalue weighted by atomic mass is 16.5. The van der Waals surface area contributed by atoms with Crippen LogP contribution < -0.4 is 5.73 Å². The van der Waals surface area contributed by atoms with E-state index in [-0.39, 0.29) is 6.54 Å². The van der Waals surface area contributed by atoms with E-state index in [1.54, 1.807) is 0 Å². The Kier molecular flexibility index (Phi) is 2.32. The molecule has 0 aromatic heterocycles. The lowest BCUT2D eigenvalue weighted by Crippen LogP contribution is -2.50. The first kappa shape index (κ1) is 8.99. The van der Waals surface area contributed by atoms with Gasteiger partial charge in [0.1, 0.15) is 5.54 Å². The second-order valence-corrected chi connectivity index (χ2v) is 2.97. The number of esters is 1. The lowest BCUT2D eigenvalue weighted by atomic mass is 10.0. The molecule has 0 aromatic carbocycles. The number of methoxy groups -OCH3 is 1. The molecular formula is C7H12N2O3. The summed E-state index contributed by atoms with van der Waals surface area (Å²) in [5, 5.41) is 0. The molecule has 0 spiro atoms. The molecule has 2 N–H and O–H groups in total. The Morgan fingerprint density at radius 2 is 2.42 bits per heavy atom. The molecule has 5 nitrogen and oxygen atoms in total. The molecule has 0 aromatic rings. The maximum Gasteiger partial charge on any atom is 0.327 e. The van der Waals surface area contributed by atoms with Crippen LogP contribution in [0, 0.1) is 0 Å². The number of hydrogen-bond donors (Lipinski definition) is 1. The first-order valence-corrected chi connectivity index (χ1v) is 3.69. The third-order valence-electron chi connectivity index (χ3n) is 2.07. The number of hydrogen-bond acceptors (Lipinski definition) is 4. The van der Waals surface area contributed by atoms with E-state index in [2.05, 4.69) is 4.74 Å². The van der Waals surface area contributed by atoms with Gasteiger partial charge in [-0.2, -0.15) is 0 Å². The highest BCUT2D eigenvalue weighted by Crippen LogP contribution is 2.18. The molecule has 1 atom stereocenters. The summed E-state index contributed by atoms with van der Waals surface area (Å²) in [5.41, 5.74) is 4.71. The van der Waals surface area contributed by atoms with Gasteiger partial charge >= 0.3 is 5.97 Å². The summed E-state index contributed by atoms with van der Waals surface area (Å²) in [6, 6.07) is 0. The Labute approximate surface area is 70.5 Å². The molecular weight excluding hydrogens is 160 g/mol. The average Bonchev–Trinajstić information content (AvgIpc) is 2.47. The van der Waals surface area contributed by atoms with Gasteiger partial charge in [-0.15, -0.1) is 0 Å². The van der Waals surface area contributed by atoms with E-state index in [1.165, 1.54) is 12.0 Å². The summed E-state index contributed by atoms with van der Waals surface area (Å²) in [4.78, 5) is 22.9. The second-order valence-electron chi connectivity index (χ2n) is 2.97. The monoisotopic (exact) mass is 172 g/mol. The molecule has 1 rings (SSSR count). The van der Waals surface area contributed by atoms with Crippen molar-refractivity contribution in [3.63, 3.8) is 0 Å². The number of nitrogens with two attached hydrogens (primary N) is 1. The zero-order valence-electron chi connectivity index (χ0n) is 6.95. The zero-order valence-corrected chi connectivity index (χ0v) is 6.95. The van der Waals surface area contributed by atoms with Crippen molar-refractivity contribution in [3.05, 3.63) is 0 Å². The van der Waals surface area contributed by atoms with Gasteiger partial charge in [0.25, 0.3) is 0 Å². The van der Waals surface area contributed by atoms with Crippen molar-refractivity contribution in [2.75, 3.05) is 20.2 Å². The van der Waals surface area contributed by atoms with E-state index in [4.69, 9.17) is 5.73 Å². The quantitative estimate of drug-likeness (QED) is 0.416. The van der Waals surface area contributed by atoms with Crippen molar-refractivity contribution in [1.82, 2.24) is 4.90 Å². The summed E-state index contributed by atoms with van der Waals surface area (Å²) < 4.78 is 4.52. The smallest absolute Gasteiger partial charge is 0.327 e. The van der Waals surface area contributed by atoms with E-state index >= 15 is 0 Å². The van der Waals surface area contributed by atoms with Crippen LogP contribution >= 0.6 is 0 Å². The molecule has 1 saturated heterocycles. The van der Waals surface area contributed by atoms with Gasteiger partial charge in [-0.25, -0.2) is 4.79 Å². The summed E-state index contributed by atoms with van der Waals surface area (Å²) in [5.74, 6) is -0.452. The number of carbonyl (C=O) groups is 2. The number of likely N-dealkylation sites (tertiary alicyclic amines) is 1. The Morgan fingerprint density at radius 3 is 2.83 bits per heavy atom. The minimum atomic E-state index is -0.990. The van der Waals surface area contributed by atoms with Gasteiger partial charge in [-0.3, -0.25) is 4.79 Å². The number of carbonyl (C=O) groups excluding carboxylic acids is 2. The fraction of sp³-hybridized carbons (Fsp3) is 0.714. The van der Waals surface area contributed by atoms with Crippen LogP contribution in [0.3, 0.4) is 0 Å². The topological polar surface area (TPSA) is 72.6 Å².